The van der Waals surface area contributed by atoms with Crippen LogP contribution >= 0.6 is 0 Å². The zero-order valence-electron chi connectivity index (χ0n) is 15.6. The third-order valence-corrected chi connectivity index (χ3v) is 5.76. The molecular weight excluding hydrogens is 366 g/mol. The number of fused-ring (bicyclic) bond motifs is 1. The number of rotatable bonds is 6. The second-order valence-electron chi connectivity index (χ2n) is 7.29. The van der Waals surface area contributed by atoms with Crippen molar-refractivity contribution in [3.8, 4) is 0 Å². The molecule has 3 rings (SSSR count). The lowest BCUT2D eigenvalue weighted by atomic mass is 10.1. The number of aromatic nitrogens is 1. The van der Waals surface area contributed by atoms with Crippen molar-refractivity contribution in [2.75, 3.05) is 12.9 Å². The maximum Gasteiger partial charge on any atom is 0.315 e. The predicted octanol–water partition coefficient (Wildman–Crippen LogP) is 2.81. The minimum Gasteiger partial charge on any atom is -0.465 e. The van der Waals surface area contributed by atoms with E-state index in [2.05, 4.69) is 0 Å². The number of ketones is 1. The van der Waals surface area contributed by atoms with E-state index in [9.17, 15) is 18.0 Å². The molecule has 2 heterocycles. The Morgan fingerprint density at radius 2 is 1.81 bits per heavy atom. The average Bonchev–Trinajstić information content (AvgIpc) is 3.20. The topological polar surface area (TPSA) is 82.4 Å². The monoisotopic (exact) mass is 389 g/mol. The van der Waals surface area contributed by atoms with Crippen LogP contribution in [0.5, 0.6) is 0 Å². The van der Waals surface area contributed by atoms with Crippen LogP contribution in [0.1, 0.15) is 47.9 Å². The number of sulfone groups is 1. The van der Waals surface area contributed by atoms with Crippen LogP contribution in [0.25, 0.3) is 0 Å². The van der Waals surface area contributed by atoms with Gasteiger partial charge in [-0.3, -0.25) is 9.59 Å². The summed E-state index contributed by atoms with van der Waals surface area (Å²) in [4.78, 5) is 25.3. The minimum absolute atomic E-state index is 0.174. The van der Waals surface area contributed by atoms with Gasteiger partial charge in [-0.2, -0.15) is 0 Å². The average molecular weight is 389 g/mol. The number of ether oxygens (including phenoxy) is 1. The fourth-order valence-electron chi connectivity index (χ4n) is 3.23. The van der Waals surface area contributed by atoms with Crippen molar-refractivity contribution in [2.45, 2.75) is 37.6 Å². The second kappa shape index (κ2) is 7.31. The molecule has 0 aliphatic carbocycles. The van der Waals surface area contributed by atoms with Gasteiger partial charge in [0.25, 0.3) is 0 Å². The first-order valence-electron chi connectivity index (χ1n) is 8.89. The molecule has 0 spiro atoms. The van der Waals surface area contributed by atoms with Gasteiger partial charge < -0.3 is 9.30 Å². The Hall–Kier alpha value is -2.41. The second-order valence-corrected chi connectivity index (χ2v) is 9.30. The van der Waals surface area contributed by atoms with Crippen LogP contribution in [0.15, 0.2) is 41.3 Å². The number of nitrogens with zero attached hydrogens (tertiary/aromatic N) is 1. The highest BCUT2D eigenvalue weighted by atomic mass is 32.2. The SMILES string of the molecule is CC(C)COC(=O)C1CCn2c(C(=O)c3ccc(S(C)(=O)=O)cc3)ccc21. The van der Waals surface area contributed by atoms with Crippen molar-refractivity contribution in [2.24, 2.45) is 5.92 Å². The first kappa shape index (κ1) is 19.4. The van der Waals surface area contributed by atoms with Gasteiger partial charge in [0.1, 0.15) is 0 Å². The summed E-state index contributed by atoms with van der Waals surface area (Å²) in [6.07, 6.45) is 1.74. The minimum atomic E-state index is -3.31. The van der Waals surface area contributed by atoms with E-state index in [0.717, 1.165) is 11.9 Å². The van der Waals surface area contributed by atoms with Crippen LogP contribution in [0, 0.1) is 5.92 Å². The number of carbonyl (C=O) groups is 2. The quantitative estimate of drug-likeness (QED) is 0.560. The third-order valence-electron chi connectivity index (χ3n) is 4.63. The Balaban J connectivity index is 1.81. The molecule has 0 amide bonds. The first-order chi connectivity index (χ1) is 12.7. The summed E-state index contributed by atoms with van der Waals surface area (Å²) in [5, 5.41) is 0. The molecule has 27 heavy (non-hydrogen) atoms. The van der Waals surface area contributed by atoms with Gasteiger partial charge in [-0.1, -0.05) is 13.8 Å². The lowest BCUT2D eigenvalue weighted by Gasteiger charge is -2.11. The Kier molecular flexibility index (Phi) is 5.24. The van der Waals surface area contributed by atoms with Gasteiger partial charge in [0.15, 0.2) is 9.84 Å². The zero-order chi connectivity index (χ0) is 19.8. The fourth-order valence-corrected chi connectivity index (χ4v) is 3.86. The van der Waals surface area contributed by atoms with Crippen molar-refractivity contribution in [3.63, 3.8) is 0 Å². The molecule has 1 aliphatic rings. The van der Waals surface area contributed by atoms with E-state index >= 15 is 0 Å². The predicted molar refractivity (Wildman–Crippen MR) is 101 cm³/mol. The summed E-state index contributed by atoms with van der Waals surface area (Å²) in [6, 6.07) is 9.41. The van der Waals surface area contributed by atoms with Crippen LogP contribution in [0.3, 0.4) is 0 Å². The maximum atomic E-state index is 12.8. The van der Waals surface area contributed by atoms with Crippen molar-refractivity contribution in [1.82, 2.24) is 4.57 Å². The standard InChI is InChI=1S/C20H23NO5S/c1-13(2)12-26-20(23)16-10-11-21-17(16)8-9-18(21)19(22)14-4-6-15(7-5-14)27(3,24)25/h4-9,13,16H,10-12H2,1-3H3. The fraction of sp³-hybridized carbons (Fsp3) is 0.400. The number of esters is 1. The van der Waals surface area contributed by atoms with E-state index < -0.39 is 9.84 Å². The molecule has 1 unspecified atom stereocenters. The highest BCUT2D eigenvalue weighted by Gasteiger charge is 2.33. The molecule has 0 saturated heterocycles. The molecule has 0 radical (unpaired) electrons. The van der Waals surface area contributed by atoms with Gasteiger partial charge in [0.2, 0.25) is 5.78 Å². The van der Waals surface area contributed by atoms with E-state index in [0.29, 0.717) is 30.8 Å². The van der Waals surface area contributed by atoms with Gasteiger partial charge in [0.05, 0.1) is 23.1 Å². The van der Waals surface area contributed by atoms with Crippen molar-refractivity contribution < 1.29 is 22.7 Å². The molecule has 2 aromatic rings. The molecule has 1 atom stereocenters. The van der Waals surface area contributed by atoms with Crippen molar-refractivity contribution >= 4 is 21.6 Å². The highest BCUT2D eigenvalue weighted by Crippen LogP contribution is 2.32. The molecule has 0 N–H and O–H groups in total. The van der Waals surface area contributed by atoms with Gasteiger partial charge >= 0.3 is 5.97 Å². The van der Waals surface area contributed by atoms with Crippen LogP contribution in [0.4, 0.5) is 0 Å². The number of carbonyl (C=O) groups excluding carboxylic acids is 2. The Bertz CT molecular complexity index is 970. The maximum absolute atomic E-state index is 12.8. The summed E-state index contributed by atoms with van der Waals surface area (Å²) in [5.74, 6) is -0.526. The molecule has 144 valence electrons. The van der Waals surface area contributed by atoms with E-state index in [4.69, 9.17) is 4.74 Å². The Morgan fingerprint density at radius 1 is 1.15 bits per heavy atom. The Labute approximate surface area is 159 Å². The van der Waals surface area contributed by atoms with Gasteiger partial charge in [-0.25, -0.2) is 8.42 Å². The summed E-state index contributed by atoms with van der Waals surface area (Å²) in [6.45, 7) is 4.92. The van der Waals surface area contributed by atoms with Crippen LogP contribution in [-0.2, 0) is 25.9 Å². The molecule has 0 bridgehead atoms. The third kappa shape index (κ3) is 3.98. The largest absolute Gasteiger partial charge is 0.465 e. The van der Waals surface area contributed by atoms with E-state index in [1.807, 2.05) is 18.4 Å². The summed E-state index contributed by atoms with van der Waals surface area (Å²) >= 11 is 0. The van der Waals surface area contributed by atoms with Crippen molar-refractivity contribution in [3.05, 3.63) is 53.3 Å². The molecule has 1 aromatic heterocycles. The van der Waals surface area contributed by atoms with E-state index in [1.54, 1.807) is 12.1 Å². The molecular formula is C20H23NO5S. The highest BCUT2D eigenvalue weighted by molar-refractivity contribution is 7.90. The van der Waals surface area contributed by atoms with Gasteiger partial charge in [0, 0.05) is 24.1 Å². The first-order valence-corrected chi connectivity index (χ1v) is 10.8. The molecule has 7 heteroatoms. The number of benzene rings is 1. The lowest BCUT2D eigenvalue weighted by Crippen LogP contribution is -2.16. The van der Waals surface area contributed by atoms with Crippen LogP contribution in [-0.4, -0.2) is 37.6 Å². The van der Waals surface area contributed by atoms with Gasteiger partial charge in [-0.05, 0) is 48.7 Å². The smallest absolute Gasteiger partial charge is 0.315 e. The number of hydrogen-bond donors (Lipinski definition) is 0. The summed E-state index contributed by atoms with van der Waals surface area (Å²) < 4.78 is 30.3. The van der Waals surface area contributed by atoms with Crippen molar-refractivity contribution in [1.29, 1.82) is 0 Å². The van der Waals surface area contributed by atoms with E-state index in [-0.39, 0.29) is 28.5 Å². The normalized spacial score (nSPS) is 16.4. The summed E-state index contributed by atoms with van der Waals surface area (Å²) in [7, 11) is -3.31. The van der Waals surface area contributed by atoms with Crippen LogP contribution < -0.4 is 0 Å². The lowest BCUT2D eigenvalue weighted by molar-refractivity contribution is -0.146. The Morgan fingerprint density at radius 3 is 2.41 bits per heavy atom. The zero-order valence-corrected chi connectivity index (χ0v) is 16.5. The molecule has 1 aliphatic heterocycles. The van der Waals surface area contributed by atoms with E-state index in [1.165, 1.54) is 24.3 Å². The molecule has 1 aromatic carbocycles. The molecule has 6 nitrogen and oxygen atoms in total. The molecule has 0 fully saturated rings. The van der Waals surface area contributed by atoms with Crippen LogP contribution in [0.2, 0.25) is 0 Å². The summed E-state index contributed by atoms with van der Waals surface area (Å²) in [5.41, 5.74) is 1.70. The molecule has 0 saturated carbocycles. The number of hydrogen-bond acceptors (Lipinski definition) is 5. The van der Waals surface area contributed by atoms with Gasteiger partial charge in [-0.15, -0.1) is 0 Å².